The molecular formula is C17H20ClNOS. The molecule has 2 aromatic rings. The Morgan fingerprint density at radius 1 is 1.24 bits per heavy atom. The van der Waals surface area contributed by atoms with Crippen LogP contribution in [0, 0.1) is 0 Å². The summed E-state index contributed by atoms with van der Waals surface area (Å²) in [5.74, 6) is 0.762. The number of halogens is 1. The summed E-state index contributed by atoms with van der Waals surface area (Å²) < 4.78 is 5.83. The predicted molar refractivity (Wildman–Crippen MR) is 89.3 cm³/mol. The van der Waals surface area contributed by atoms with Gasteiger partial charge in [-0.15, -0.1) is 11.3 Å². The van der Waals surface area contributed by atoms with Crippen LogP contribution in [0.5, 0.6) is 5.75 Å². The lowest BCUT2D eigenvalue weighted by atomic mass is 10.2. The molecule has 112 valence electrons. The predicted octanol–water partition coefficient (Wildman–Crippen LogP) is 4.79. The minimum absolute atomic E-state index is 0.587. The summed E-state index contributed by atoms with van der Waals surface area (Å²) in [6, 6.07) is 11.1. The molecule has 0 bridgehead atoms. The number of ether oxygens (including phenoxy) is 1. The van der Waals surface area contributed by atoms with Gasteiger partial charge in [0.1, 0.15) is 12.4 Å². The monoisotopic (exact) mass is 321 g/mol. The molecule has 21 heavy (non-hydrogen) atoms. The van der Waals surface area contributed by atoms with Crippen LogP contribution in [0.25, 0.3) is 0 Å². The molecule has 1 aliphatic rings. The lowest BCUT2D eigenvalue weighted by molar-refractivity contribution is 0.310. The first-order chi connectivity index (χ1) is 10.2. The van der Waals surface area contributed by atoms with Crippen molar-refractivity contribution in [2.24, 2.45) is 0 Å². The highest BCUT2D eigenvalue weighted by molar-refractivity contribution is 7.11. The van der Waals surface area contributed by atoms with Crippen LogP contribution < -0.4 is 10.1 Å². The molecule has 0 saturated heterocycles. The van der Waals surface area contributed by atoms with Crippen LogP contribution in [-0.4, -0.2) is 6.04 Å². The van der Waals surface area contributed by atoms with E-state index in [9.17, 15) is 0 Å². The van der Waals surface area contributed by atoms with E-state index in [0.717, 1.165) is 18.7 Å². The lowest BCUT2D eigenvalue weighted by Crippen LogP contribution is -2.15. The highest BCUT2D eigenvalue weighted by Crippen LogP contribution is 2.28. The van der Waals surface area contributed by atoms with Crippen LogP contribution in [-0.2, 0) is 19.6 Å². The first kappa shape index (κ1) is 14.9. The van der Waals surface area contributed by atoms with E-state index in [1.54, 1.807) is 11.3 Å². The highest BCUT2D eigenvalue weighted by atomic mass is 35.5. The van der Waals surface area contributed by atoms with Gasteiger partial charge in [-0.1, -0.05) is 24.6 Å². The van der Waals surface area contributed by atoms with E-state index in [4.69, 9.17) is 16.3 Å². The Morgan fingerprint density at radius 2 is 2.05 bits per heavy atom. The van der Waals surface area contributed by atoms with Crippen molar-refractivity contribution in [1.82, 2.24) is 5.32 Å². The number of aryl methyl sites for hydroxylation is 1. The molecule has 1 heterocycles. The van der Waals surface area contributed by atoms with Gasteiger partial charge in [0.05, 0.1) is 5.02 Å². The molecule has 0 amide bonds. The second-order valence-electron chi connectivity index (χ2n) is 5.43. The first-order valence-electron chi connectivity index (χ1n) is 7.47. The highest BCUT2D eigenvalue weighted by Gasteiger charge is 2.20. The van der Waals surface area contributed by atoms with E-state index >= 15 is 0 Å². The number of hydrogen-bond acceptors (Lipinski definition) is 3. The van der Waals surface area contributed by atoms with E-state index < -0.39 is 0 Å². The first-order valence-corrected chi connectivity index (χ1v) is 8.66. The van der Waals surface area contributed by atoms with Crippen molar-refractivity contribution in [3.8, 4) is 5.75 Å². The molecule has 1 N–H and O–H groups in total. The Labute approximate surface area is 135 Å². The average Bonchev–Trinajstić information content (AvgIpc) is 3.21. The summed E-state index contributed by atoms with van der Waals surface area (Å²) in [6.45, 7) is 3.64. The number of benzene rings is 1. The molecule has 1 aromatic carbocycles. The SMILES string of the molecule is CCc1ccc(COc2ccc(CNC3CC3)cc2Cl)s1. The molecule has 1 saturated carbocycles. The van der Waals surface area contributed by atoms with Crippen molar-refractivity contribution in [2.75, 3.05) is 0 Å². The van der Waals surface area contributed by atoms with Crippen LogP contribution in [0.3, 0.4) is 0 Å². The maximum absolute atomic E-state index is 6.31. The number of thiophene rings is 1. The Bertz CT molecular complexity index is 607. The summed E-state index contributed by atoms with van der Waals surface area (Å²) in [4.78, 5) is 2.63. The van der Waals surface area contributed by atoms with Crippen molar-refractivity contribution < 1.29 is 4.74 Å². The Hall–Kier alpha value is -1.03. The molecule has 0 radical (unpaired) electrons. The molecule has 0 unspecified atom stereocenters. The maximum atomic E-state index is 6.31. The third-order valence-electron chi connectivity index (χ3n) is 3.60. The zero-order valence-electron chi connectivity index (χ0n) is 12.2. The second kappa shape index (κ2) is 6.82. The van der Waals surface area contributed by atoms with Crippen LogP contribution in [0.1, 0.15) is 35.1 Å². The van der Waals surface area contributed by atoms with Gasteiger partial charge in [-0.05, 0) is 49.1 Å². The van der Waals surface area contributed by atoms with Gasteiger partial charge in [0, 0.05) is 22.3 Å². The quantitative estimate of drug-likeness (QED) is 0.791. The second-order valence-corrected chi connectivity index (χ2v) is 7.09. The van der Waals surface area contributed by atoms with Crippen molar-refractivity contribution in [1.29, 1.82) is 0 Å². The Morgan fingerprint density at radius 3 is 2.71 bits per heavy atom. The molecule has 0 atom stereocenters. The van der Waals surface area contributed by atoms with E-state index in [1.165, 1.54) is 28.2 Å². The summed E-state index contributed by atoms with van der Waals surface area (Å²) in [6.07, 6.45) is 3.68. The van der Waals surface area contributed by atoms with Gasteiger partial charge < -0.3 is 10.1 Å². The molecule has 0 aliphatic heterocycles. The van der Waals surface area contributed by atoms with Crippen LogP contribution in [0.15, 0.2) is 30.3 Å². The molecule has 3 rings (SSSR count). The van der Waals surface area contributed by atoms with Gasteiger partial charge in [-0.3, -0.25) is 0 Å². The van der Waals surface area contributed by atoms with E-state index in [2.05, 4.69) is 30.4 Å². The van der Waals surface area contributed by atoms with Crippen molar-refractivity contribution in [3.63, 3.8) is 0 Å². The summed E-state index contributed by atoms with van der Waals surface area (Å²) in [7, 11) is 0. The van der Waals surface area contributed by atoms with Gasteiger partial charge in [0.2, 0.25) is 0 Å². The molecule has 1 fully saturated rings. The van der Waals surface area contributed by atoms with Gasteiger partial charge in [-0.25, -0.2) is 0 Å². The maximum Gasteiger partial charge on any atom is 0.138 e. The largest absolute Gasteiger partial charge is 0.487 e. The van der Waals surface area contributed by atoms with Crippen molar-refractivity contribution in [3.05, 3.63) is 50.7 Å². The van der Waals surface area contributed by atoms with Crippen molar-refractivity contribution in [2.45, 2.75) is 45.4 Å². The summed E-state index contributed by atoms with van der Waals surface area (Å²) in [5, 5.41) is 4.18. The van der Waals surface area contributed by atoms with E-state index in [1.807, 2.05) is 12.1 Å². The van der Waals surface area contributed by atoms with Gasteiger partial charge >= 0.3 is 0 Å². The topological polar surface area (TPSA) is 21.3 Å². The Balaban J connectivity index is 1.56. The van der Waals surface area contributed by atoms with Gasteiger partial charge in [0.25, 0.3) is 0 Å². The zero-order valence-corrected chi connectivity index (χ0v) is 13.8. The Kier molecular flexibility index (Phi) is 4.84. The fraction of sp³-hybridized carbons (Fsp3) is 0.412. The minimum Gasteiger partial charge on any atom is -0.487 e. The molecule has 4 heteroatoms. The fourth-order valence-corrected chi connectivity index (χ4v) is 3.29. The number of rotatable bonds is 7. The van der Waals surface area contributed by atoms with Crippen LogP contribution >= 0.6 is 22.9 Å². The third kappa shape index (κ3) is 4.22. The lowest BCUT2D eigenvalue weighted by Gasteiger charge is -2.09. The number of hydrogen-bond donors (Lipinski definition) is 1. The molecular weight excluding hydrogens is 302 g/mol. The normalized spacial score (nSPS) is 14.4. The van der Waals surface area contributed by atoms with Crippen LogP contribution in [0.2, 0.25) is 5.02 Å². The molecule has 1 aliphatic carbocycles. The average molecular weight is 322 g/mol. The fourth-order valence-electron chi connectivity index (χ4n) is 2.16. The van der Waals surface area contributed by atoms with Crippen molar-refractivity contribution >= 4 is 22.9 Å². The molecule has 0 spiro atoms. The number of nitrogens with one attached hydrogen (secondary N) is 1. The van der Waals surface area contributed by atoms with Gasteiger partial charge in [-0.2, -0.15) is 0 Å². The third-order valence-corrected chi connectivity index (χ3v) is 5.10. The minimum atomic E-state index is 0.587. The zero-order chi connectivity index (χ0) is 14.7. The summed E-state index contributed by atoms with van der Waals surface area (Å²) >= 11 is 8.11. The molecule has 2 nitrogen and oxygen atoms in total. The molecule has 1 aromatic heterocycles. The standard InChI is InChI=1S/C17H20ClNOS/c1-2-14-6-7-15(21-14)11-20-17-8-3-12(9-16(17)18)10-19-13-4-5-13/h3,6-9,13,19H,2,4-5,10-11H2,1H3. The van der Waals surface area contributed by atoms with E-state index in [-0.39, 0.29) is 0 Å². The van der Waals surface area contributed by atoms with E-state index in [0.29, 0.717) is 17.7 Å². The van der Waals surface area contributed by atoms with Gasteiger partial charge in [0.15, 0.2) is 0 Å². The summed E-state index contributed by atoms with van der Waals surface area (Å²) in [5.41, 5.74) is 1.21. The van der Waals surface area contributed by atoms with Crippen LogP contribution in [0.4, 0.5) is 0 Å². The smallest absolute Gasteiger partial charge is 0.138 e.